The first-order valence-electron chi connectivity index (χ1n) is 5.82. The molecule has 0 unspecified atom stereocenters. The quantitative estimate of drug-likeness (QED) is 0.702. The molecule has 1 saturated carbocycles. The van der Waals surface area contributed by atoms with Crippen LogP contribution in [0.1, 0.15) is 12.8 Å². The predicted molar refractivity (Wildman–Crippen MR) is 65.3 cm³/mol. The molecule has 1 saturated heterocycles. The maximum atomic E-state index is 5.81. The zero-order valence-electron chi connectivity index (χ0n) is 9.82. The minimum atomic E-state index is 0.427. The average Bonchev–Trinajstić information content (AvgIpc) is 3.01. The molecule has 1 atom stereocenters. The van der Waals surface area contributed by atoms with E-state index >= 15 is 0 Å². The third-order valence-electron chi connectivity index (χ3n) is 3.20. The second-order valence-electron chi connectivity index (χ2n) is 4.66. The van der Waals surface area contributed by atoms with Crippen molar-refractivity contribution in [3.8, 4) is 0 Å². The lowest BCUT2D eigenvalue weighted by atomic mass is 10.2. The Labute approximate surface area is 97.1 Å². The van der Waals surface area contributed by atoms with Gasteiger partial charge < -0.3 is 9.64 Å². The smallest absolute Gasteiger partial charge is 0.0829 e. The van der Waals surface area contributed by atoms with Gasteiger partial charge in [-0.2, -0.15) is 0 Å². The van der Waals surface area contributed by atoms with Crippen molar-refractivity contribution in [2.75, 3.05) is 45.4 Å². The summed E-state index contributed by atoms with van der Waals surface area (Å²) in [4.78, 5) is 4.97. The summed E-state index contributed by atoms with van der Waals surface area (Å²) in [6.45, 7) is 4.22. The fraction of sp³-hybridized carbons (Fsp3) is 1.00. The third kappa shape index (κ3) is 3.63. The van der Waals surface area contributed by atoms with E-state index in [0.29, 0.717) is 6.10 Å². The van der Waals surface area contributed by atoms with E-state index in [1.807, 2.05) is 11.8 Å². The van der Waals surface area contributed by atoms with Gasteiger partial charge in [0.25, 0.3) is 0 Å². The second-order valence-corrected chi connectivity index (χ2v) is 5.49. The molecule has 15 heavy (non-hydrogen) atoms. The van der Waals surface area contributed by atoms with Gasteiger partial charge >= 0.3 is 0 Å². The Bertz CT molecular complexity index is 197. The minimum Gasteiger partial charge on any atom is -0.374 e. The van der Waals surface area contributed by atoms with Gasteiger partial charge in [-0.05, 0) is 26.1 Å². The van der Waals surface area contributed by atoms with Gasteiger partial charge in [-0.15, -0.1) is 11.8 Å². The number of hydrogen-bond donors (Lipinski definition) is 0. The van der Waals surface area contributed by atoms with Crippen molar-refractivity contribution >= 4 is 11.8 Å². The first-order chi connectivity index (χ1) is 7.29. The number of rotatable bonds is 5. The highest BCUT2D eigenvalue weighted by Crippen LogP contribution is 2.25. The van der Waals surface area contributed by atoms with Crippen LogP contribution in [0.25, 0.3) is 0 Å². The fourth-order valence-electron chi connectivity index (χ4n) is 2.18. The van der Waals surface area contributed by atoms with Gasteiger partial charge in [-0.25, -0.2) is 0 Å². The van der Waals surface area contributed by atoms with E-state index in [1.54, 1.807) is 0 Å². The van der Waals surface area contributed by atoms with Crippen molar-refractivity contribution in [1.29, 1.82) is 0 Å². The summed E-state index contributed by atoms with van der Waals surface area (Å²) in [5, 5.41) is 0. The summed E-state index contributed by atoms with van der Waals surface area (Å²) < 4.78 is 5.81. The first-order valence-corrected chi connectivity index (χ1v) is 7.22. The van der Waals surface area contributed by atoms with Crippen molar-refractivity contribution in [3.05, 3.63) is 0 Å². The molecule has 2 aliphatic rings. The molecule has 0 bridgehead atoms. The zero-order chi connectivity index (χ0) is 10.7. The van der Waals surface area contributed by atoms with E-state index < -0.39 is 0 Å². The molecule has 3 nitrogen and oxygen atoms in total. The van der Waals surface area contributed by atoms with Crippen molar-refractivity contribution in [2.45, 2.75) is 25.0 Å². The molecular formula is C11H22N2OS. The highest BCUT2D eigenvalue weighted by molar-refractivity contribution is 7.98. The number of morpholine rings is 1. The third-order valence-corrected chi connectivity index (χ3v) is 3.82. The molecule has 0 spiro atoms. The molecule has 0 aromatic heterocycles. The summed E-state index contributed by atoms with van der Waals surface area (Å²) in [5.74, 6) is 1.15. The van der Waals surface area contributed by atoms with Crippen LogP contribution in [-0.4, -0.2) is 67.4 Å². The molecule has 0 N–H and O–H groups in total. The maximum absolute atomic E-state index is 5.81. The van der Waals surface area contributed by atoms with E-state index in [2.05, 4.69) is 23.1 Å². The largest absolute Gasteiger partial charge is 0.374 e. The predicted octanol–water partition coefficient (Wildman–Crippen LogP) is 1.10. The molecule has 1 aliphatic heterocycles. The second kappa shape index (κ2) is 5.53. The molecule has 1 aliphatic carbocycles. The van der Waals surface area contributed by atoms with Crippen LogP contribution in [0, 0.1) is 0 Å². The van der Waals surface area contributed by atoms with Gasteiger partial charge in [-0.3, -0.25) is 4.90 Å². The summed E-state index contributed by atoms with van der Waals surface area (Å²) in [6, 6.07) is 0.851. The Morgan fingerprint density at radius 3 is 2.93 bits per heavy atom. The molecule has 0 amide bonds. The van der Waals surface area contributed by atoms with E-state index in [9.17, 15) is 0 Å². The molecule has 0 aromatic carbocycles. The molecule has 0 aromatic rings. The van der Waals surface area contributed by atoms with Gasteiger partial charge in [0.15, 0.2) is 0 Å². The Balaban J connectivity index is 1.71. The van der Waals surface area contributed by atoms with Gasteiger partial charge in [0, 0.05) is 31.6 Å². The topological polar surface area (TPSA) is 15.7 Å². The van der Waals surface area contributed by atoms with Gasteiger partial charge in [0.05, 0.1) is 12.7 Å². The molecule has 88 valence electrons. The van der Waals surface area contributed by atoms with Crippen LogP contribution < -0.4 is 0 Å². The van der Waals surface area contributed by atoms with Crippen LogP contribution in [0.15, 0.2) is 0 Å². The molecule has 0 radical (unpaired) electrons. The van der Waals surface area contributed by atoms with Gasteiger partial charge in [0.1, 0.15) is 0 Å². The van der Waals surface area contributed by atoms with Crippen molar-refractivity contribution in [3.63, 3.8) is 0 Å². The van der Waals surface area contributed by atoms with Crippen LogP contribution in [0.3, 0.4) is 0 Å². The average molecular weight is 230 g/mol. The van der Waals surface area contributed by atoms with Crippen molar-refractivity contribution < 1.29 is 4.74 Å². The summed E-state index contributed by atoms with van der Waals surface area (Å²) in [5.41, 5.74) is 0. The van der Waals surface area contributed by atoms with Gasteiger partial charge in [-0.1, -0.05) is 0 Å². The lowest BCUT2D eigenvalue weighted by molar-refractivity contribution is -0.0353. The van der Waals surface area contributed by atoms with Crippen LogP contribution in [0.5, 0.6) is 0 Å². The monoisotopic (exact) mass is 230 g/mol. The van der Waals surface area contributed by atoms with Crippen molar-refractivity contribution in [1.82, 2.24) is 9.80 Å². The number of thioether (sulfide) groups is 1. The van der Waals surface area contributed by atoms with E-state index in [4.69, 9.17) is 4.74 Å². The van der Waals surface area contributed by atoms with Crippen LogP contribution in [0.2, 0.25) is 0 Å². The normalized spacial score (nSPS) is 28.6. The summed E-state index contributed by atoms with van der Waals surface area (Å²) >= 11 is 1.90. The Kier molecular flexibility index (Phi) is 4.31. The molecule has 2 rings (SSSR count). The van der Waals surface area contributed by atoms with Crippen LogP contribution in [-0.2, 0) is 4.74 Å². The van der Waals surface area contributed by atoms with Crippen LogP contribution in [0.4, 0.5) is 0 Å². The molecule has 1 heterocycles. The van der Waals surface area contributed by atoms with E-state index in [0.717, 1.165) is 38.2 Å². The first kappa shape index (κ1) is 11.7. The summed E-state index contributed by atoms with van der Waals surface area (Å²) in [6.07, 6.45) is 5.37. The SMILES string of the molecule is CSCN1CCO[C@H](CN(C)C2CC2)C1. The Morgan fingerprint density at radius 1 is 1.47 bits per heavy atom. The lowest BCUT2D eigenvalue weighted by Gasteiger charge is -2.34. The fourth-order valence-corrected chi connectivity index (χ4v) is 2.78. The Hall–Kier alpha value is 0.230. The highest BCUT2D eigenvalue weighted by atomic mass is 32.2. The zero-order valence-corrected chi connectivity index (χ0v) is 10.6. The Morgan fingerprint density at radius 2 is 2.27 bits per heavy atom. The van der Waals surface area contributed by atoms with Crippen molar-refractivity contribution in [2.24, 2.45) is 0 Å². The van der Waals surface area contributed by atoms with Gasteiger partial charge in [0.2, 0.25) is 0 Å². The lowest BCUT2D eigenvalue weighted by Crippen LogP contribution is -2.47. The minimum absolute atomic E-state index is 0.427. The van der Waals surface area contributed by atoms with E-state index in [-0.39, 0.29) is 0 Å². The van der Waals surface area contributed by atoms with E-state index in [1.165, 1.54) is 12.8 Å². The maximum Gasteiger partial charge on any atom is 0.0829 e. The van der Waals surface area contributed by atoms with Crippen LogP contribution >= 0.6 is 11.8 Å². The number of likely N-dealkylation sites (N-methyl/N-ethyl adjacent to an activating group) is 1. The standard InChI is InChI=1S/C11H22N2OS/c1-12(10-3-4-10)7-11-8-13(9-15-2)5-6-14-11/h10-11H,3-9H2,1-2H3/t11-/m1/s1. The molecular weight excluding hydrogens is 208 g/mol. The molecule has 2 fully saturated rings. The number of ether oxygens (including phenoxy) is 1. The molecule has 4 heteroatoms. The number of nitrogens with zero attached hydrogens (tertiary/aromatic N) is 2. The highest BCUT2D eigenvalue weighted by Gasteiger charge is 2.29. The summed E-state index contributed by atoms with van der Waals surface area (Å²) in [7, 11) is 2.23. The number of hydrogen-bond acceptors (Lipinski definition) is 4.